The fraction of sp³-hybridized carbons (Fsp3) is 0.586. The molecule has 0 radical (unpaired) electrons. The molecule has 32 heavy (non-hydrogen) atoms. The van der Waals surface area contributed by atoms with Gasteiger partial charge in [-0.3, -0.25) is 0 Å². The van der Waals surface area contributed by atoms with Crippen LogP contribution in [0.2, 0.25) is 5.79 Å². The molecule has 0 unspecified atom stereocenters. The molecule has 2 nitrogen and oxygen atoms in total. The van der Waals surface area contributed by atoms with Gasteiger partial charge >= 0.3 is 22.1 Å². The molecule has 0 amide bonds. The molecular formula is C29H45AlO2. The van der Waals surface area contributed by atoms with E-state index in [0.717, 1.165) is 11.1 Å². The summed E-state index contributed by atoms with van der Waals surface area (Å²) in [5.41, 5.74) is 4.35. The molecule has 0 N–H and O–H groups in total. The fourth-order valence-electron chi connectivity index (χ4n) is 3.17. The topological polar surface area (TPSA) is 46.1 Å². The SMILES string of the molecule is CC(C)(C)c1ccc([O-])c(C(C)(C)C)c1.CC(C)(C)c1ccc([O-])c(C(C)(C)C)c1.[CH3][Al+2]. The summed E-state index contributed by atoms with van der Waals surface area (Å²) in [5, 5.41) is 23.5. The summed E-state index contributed by atoms with van der Waals surface area (Å²) in [4.78, 5) is 0. The first-order valence-corrected chi connectivity index (χ1v) is 12.6. The third-order valence-corrected chi connectivity index (χ3v) is 5.31. The standard InChI is InChI=1S/2C14H22O.CH3.Al/c2*1-13(2,3)10-7-8-12(15)11(9-10)14(4,5)6;;/h2*7-9,15H,1-6H3;1H3;/q;;;+2/p-2. The Bertz CT molecular complexity index is 781. The molecule has 0 atom stereocenters. The van der Waals surface area contributed by atoms with Crippen LogP contribution in [-0.2, 0) is 21.7 Å². The number of hydrogen-bond acceptors (Lipinski definition) is 2. The first-order valence-electron chi connectivity index (χ1n) is 11.5. The Morgan fingerprint density at radius 2 is 0.719 bits per heavy atom. The molecular weight excluding hydrogens is 407 g/mol. The van der Waals surface area contributed by atoms with Gasteiger partial charge in [-0.15, -0.1) is 11.5 Å². The Labute approximate surface area is 206 Å². The van der Waals surface area contributed by atoms with Crippen LogP contribution in [0.1, 0.15) is 105 Å². The van der Waals surface area contributed by atoms with Crippen molar-refractivity contribution in [3.8, 4) is 11.5 Å². The van der Waals surface area contributed by atoms with Crippen LogP contribution in [0.15, 0.2) is 36.4 Å². The van der Waals surface area contributed by atoms with Crippen LogP contribution in [-0.4, -0.2) is 16.3 Å². The molecule has 0 aliphatic rings. The van der Waals surface area contributed by atoms with Crippen molar-refractivity contribution in [2.24, 2.45) is 0 Å². The Morgan fingerprint density at radius 3 is 0.906 bits per heavy atom. The van der Waals surface area contributed by atoms with E-state index in [0.29, 0.717) is 0 Å². The first-order chi connectivity index (χ1) is 14.2. The molecule has 0 aliphatic heterocycles. The molecule has 2 rings (SSSR count). The molecule has 0 aromatic heterocycles. The van der Waals surface area contributed by atoms with E-state index in [1.54, 1.807) is 12.1 Å². The number of rotatable bonds is 0. The molecule has 0 spiro atoms. The molecule has 3 heteroatoms. The summed E-state index contributed by atoms with van der Waals surface area (Å²) in [5.74, 6) is 2.21. The van der Waals surface area contributed by atoms with Crippen LogP contribution in [0, 0.1) is 0 Å². The van der Waals surface area contributed by atoms with E-state index in [2.05, 4.69) is 112 Å². The molecule has 0 saturated carbocycles. The van der Waals surface area contributed by atoms with Crippen molar-refractivity contribution in [1.29, 1.82) is 0 Å². The van der Waals surface area contributed by atoms with Crippen LogP contribution in [0.25, 0.3) is 0 Å². The summed E-state index contributed by atoms with van der Waals surface area (Å²) in [6.07, 6.45) is 0. The Balaban J connectivity index is 0.000000557. The molecule has 2 aromatic carbocycles. The van der Waals surface area contributed by atoms with Gasteiger partial charge in [-0.1, -0.05) is 131 Å². The van der Waals surface area contributed by atoms with E-state index in [1.165, 1.54) is 11.1 Å². The van der Waals surface area contributed by atoms with Gasteiger partial charge in [0, 0.05) is 0 Å². The van der Waals surface area contributed by atoms with Crippen molar-refractivity contribution in [3.05, 3.63) is 58.7 Å². The average molecular weight is 453 g/mol. The van der Waals surface area contributed by atoms with Gasteiger partial charge in [-0.05, 0) is 32.8 Å². The molecule has 0 aliphatic carbocycles. The van der Waals surface area contributed by atoms with Gasteiger partial charge in [0.1, 0.15) is 0 Å². The normalized spacial score (nSPS) is 12.3. The monoisotopic (exact) mass is 452 g/mol. The van der Waals surface area contributed by atoms with Gasteiger partial charge in [-0.25, -0.2) is 0 Å². The van der Waals surface area contributed by atoms with Crippen molar-refractivity contribution in [1.82, 2.24) is 0 Å². The predicted octanol–water partition coefficient (Wildman–Crippen LogP) is 6.91. The Morgan fingerprint density at radius 1 is 0.469 bits per heavy atom. The number of benzene rings is 2. The van der Waals surface area contributed by atoms with Gasteiger partial charge in [0.05, 0.1) is 0 Å². The van der Waals surface area contributed by atoms with Crippen molar-refractivity contribution >= 4 is 16.3 Å². The van der Waals surface area contributed by atoms with Crippen LogP contribution in [0.4, 0.5) is 0 Å². The third-order valence-electron chi connectivity index (χ3n) is 5.31. The fourth-order valence-corrected chi connectivity index (χ4v) is 3.17. The second-order valence-corrected chi connectivity index (χ2v) is 12.4. The summed E-state index contributed by atoms with van der Waals surface area (Å²) < 4.78 is 0. The van der Waals surface area contributed by atoms with Crippen LogP contribution < -0.4 is 10.2 Å². The molecule has 0 fully saturated rings. The summed E-state index contributed by atoms with van der Waals surface area (Å²) in [6, 6.07) is 11.4. The van der Waals surface area contributed by atoms with E-state index in [1.807, 2.05) is 17.9 Å². The van der Waals surface area contributed by atoms with Crippen molar-refractivity contribution in [2.45, 2.75) is 111 Å². The Hall–Kier alpha value is -1.43. The van der Waals surface area contributed by atoms with E-state index < -0.39 is 0 Å². The van der Waals surface area contributed by atoms with Gasteiger partial charge in [0.2, 0.25) is 0 Å². The second-order valence-electron chi connectivity index (χ2n) is 12.4. The summed E-state index contributed by atoms with van der Waals surface area (Å²) in [6.45, 7) is 25.5. The van der Waals surface area contributed by atoms with E-state index in [-0.39, 0.29) is 33.2 Å². The van der Waals surface area contributed by atoms with E-state index in [9.17, 15) is 10.2 Å². The minimum absolute atomic E-state index is 0.0711. The zero-order valence-corrected chi connectivity index (χ0v) is 24.0. The zero-order valence-electron chi connectivity index (χ0n) is 22.9. The predicted molar refractivity (Wildman–Crippen MR) is 138 cm³/mol. The van der Waals surface area contributed by atoms with Crippen LogP contribution in [0.5, 0.6) is 11.5 Å². The minimum atomic E-state index is -0.0711. The average Bonchev–Trinajstić information content (AvgIpc) is 2.60. The van der Waals surface area contributed by atoms with Gasteiger partial charge in [0.25, 0.3) is 0 Å². The number of hydrogen-bond donors (Lipinski definition) is 0. The molecule has 0 heterocycles. The van der Waals surface area contributed by atoms with Crippen LogP contribution in [0.3, 0.4) is 0 Å². The maximum absolute atomic E-state index is 11.7. The van der Waals surface area contributed by atoms with Gasteiger partial charge < -0.3 is 10.2 Å². The van der Waals surface area contributed by atoms with Gasteiger partial charge in [0.15, 0.2) is 0 Å². The maximum atomic E-state index is 11.7. The third kappa shape index (κ3) is 9.21. The van der Waals surface area contributed by atoms with E-state index in [4.69, 9.17) is 0 Å². The summed E-state index contributed by atoms with van der Waals surface area (Å²) in [7, 11) is 0. The van der Waals surface area contributed by atoms with Crippen LogP contribution >= 0.6 is 0 Å². The Kier molecular flexibility index (Phi) is 10.6. The van der Waals surface area contributed by atoms with E-state index >= 15 is 0 Å². The molecule has 0 bridgehead atoms. The molecule has 2 aromatic rings. The first kappa shape index (κ1) is 30.6. The second kappa shape index (κ2) is 11.1. The van der Waals surface area contributed by atoms with Crippen molar-refractivity contribution in [3.63, 3.8) is 0 Å². The summed E-state index contributed by atoms with van der Waals surface area (Å²) >= 11 is 2.42. The van der Waals surface area contributed by atoms with Crippen molar-refractivity contribution < 1.29 is 10.2 Å². The molecule has 176 valence electrons. The van der Waals surface area contributed by atoms with Crippen molar-refractivity contribution in [2.75, 3.05) is 0 Å². The van der Waals surface area contributed by atoms with Gasteiger partial charge in [-0.2, -0.15) is 0 Å². The zero-order chi connectivity index (χ0) is 25.7. The quantitative estimate of drug-likeness (QED) is 0.408. The molecule has 0 saturated heterocycles.